The van der Waals surface area contributed by atoms with Gasteiger partial charge in [-0.15, -0.1) is 24.8 Å². The van der Waals surface area contributed by atoms with E-state index in [2.05, 4.69) is 40.2 Å². The lowest BCUT2D eigenvalue weighted by Gasteiger charge is -2.51. The molecule has 1 aromatic carbocycles. The standard InChI is InChI=1S/C19H29N3O2.2ClH/c1-17(19(23)24)20-10-12-21(13-11-20)22(14-6-3-7-15-22)16-18-8-4-2-5-9-18;;/h2,4-5,8-9,17H,3,6-7,10-16H2,1H3;2*1H/p+1. The largest absolute Gasteiger partial charge is 0.480 e. The molecule has 3 rings (SSSR count). The number of halogens is 2. The Morgan fingerprint density at radius 3 is 2.15 bits per heavy atom. The fourth-order valence-electron chi connectivity index (χ4n) is 4.24. The molecule has 0 amide bonds. The number of carbonyl (C=O) groups is 1. The third-order valence-corrected chi connectivity index (χ3v) is 5.76. The SMILES string of the molecule is CC(C(=O)O)N1CCN([N+]2(Cc3ccccc3)CCCCC2)CC1.Cl.Cl. The molecule has 2 saturated heterocycles. The molecular formula is C19H32Cl2N3O2+. The van der Waals surface area contributed by atoms with E-state index < -0.39 is 5.97 Å². The Hall–Kier alpha value is -0.850. The average Bonchev–Trinajstić information content (AvgIpc) is 2.63. The van der Waals surface area contributed by atoms with Gasteiger partial charge in [0.1, 0.15) is 12.6 Å². The molecule has 2 heterocycles. The molecule has 1 N–H and O–H groups in total. The minimum atomic E-state index is -0.713. The van der Waals surface area contributed by atoms with Crippen LogP contribution in [0, 0.1) is 0 Å². The fraction of sp³-hybridized carbons (Fsp3) is 0.632. The highest BCUT2D eigenvalue weighted by Crippen LogP contribution is 2.27. The molecule has 0 saturated carbocycles. The fourth-order valence-corrected chi connectivity index (χ4v) is 4.24. The Morgan fingerprint density at radius 2 is 1.62 bits per heavy atom. The smallest absolute Gasteiger partial charge is 0.320 e. The van der Waals surface area contributed by atoms with Gasteiger partial charge in [0.05, 0.1) is 26.2 Å². The molecule has 2 fully saturated rings. The monoisotopic (exact) mass is 404 g/mol. The normalized spacial score (nSPS) is 21.9. The van der Waals surface area contributed by atoms with Crippen LogP contribution in [0.2, 0.25) is 0 Å². The Bertz CT molecular complexity index is 545. The molecule has 0 spiro atoms. The summed E-state index contributed by atoms with van der Waals surface area (Å²) < 4.78 is 1.05. The van der Waals surface area contributed by atoms with Gasteiger partial charge in [0, 0.05) is 18.7 Å². The van der Waals surface area contributed by atoms with E-state index in [1.54, 1.807) is 6.92 Å². The number of hydrogen-bond donors (Lipinski definition) is 1. The Balaban J connectivity index is 0.00000169. The van der Waals surface area contributed by atoms with Gasteiger partial charge in [-0.3, -0.25) is 9.69 Å². The number of benzene rings is 1. The Labute approximate surface area is 169 Å². The summed E-state index contributed by atoms with van der Waals surface area (Å²) in [5.41, 5.74) is 1.40. The molecule has 26 heavy (non-hydrogen) atoms. The lowest BCUT2D eigenvalue weighted by Crippen LogP contribution is -2.67. The van der Waals surface area contributed by atoms with Crippen LogP contribution in [0.5, 0.6) is 0 Å². The van der Waals surface area contributed by atoms with Crippen LogP contribution < -0.4 is 0 Å². The van der Waals surface area contributed by atoms with Gasteiger partial charge >= 0.3 is 5.97 Å². The molecule has 1 aromatic rings. The summed E-state index contributed by atoms with van der Waals surface area (Å²) in [6, 6.07) is 10.4. The van der Waals surface area contributed by atoms with Crippen molar-refractivity contribution in [3.8, 4) is 0 Å². The van der Waals surface area contributed by atoms with Gasteiger partial charge in [-0.1, -0.05) is 30.3 Å². The van der Waals surface area contributed by atoms with Crippen molar-refractivity contribution in [1.82, 2.24) is 9.91 Å². The summed E-state index contributed by atoms with van der Waals surface area (Å²) in [5.74, 6) is -0.713. The molecule has 1 atom stereocenters. The number of likely N-dealkylation sites (tertiary alicyclic amines) is 1. The second kappa shape index (κ2) is 10.5. The maximum atomic E-state index is 11.2. The summed E-state index contributed by atoms with van der Waals surface area (Å²) in [4.78, 5) is 13.3. The number of carboxylic acids is 1. The van der Waals surface area contributed by atoms with Gasteiger partial charge in [-0.05, 0) is 26.2 Å². The number of hydrogen-bond acceptors (Lipinski definition) is 3. The van der Waals surface area contributed by atoms with Crippen molar-refractivity contribution in [3.63, 3.8) is 0 Å². The molecule has 7 heteroatoms. The highest BCUT2D eigenvalue weighted by Gasteiger charge is 2.39. The van der Waals surface area contributed by atoms with E-state index in [9.17, 15) is 9.90 Å². The summed E-state index contributed by atoms with van der Waals surface area (Å²) in [5, 5.41) is 11.8. The summed E-state index contributed by atoms with van der Waals surface area (Å²) >= 11 is 0. The first-order valence-electron chi connectivity index (χ1n) is 9.23. The van der Waals surface area contributed by atoms with Gasteiger partial charge in [-0.2, -0.15) is 5.01 Å². The van der Waals surface area contributed by atoms with Crippen LogP contribution >= 0.6 is 24.8 Å². The number of rotatable bonds is 5. The zero-order valence-electron chi connectivity index (χ0n) is 15.5. The predicted octanol–water partition coefficient (Wildman–Crippen LogP) is 3.04. The van der Waals surface area contributed by atoms with Crippen molar-refractivity contribution in [1.29, 1.82) is 0 Å². The Morgan fingerprint density at radius 1 is 1.04 bits per heavy atom. The van der Waals surface area contributed by atoms with Crippen LogP contribution in [0.1, 0.15) is 31.7 Å². The molecule has 2 aliphatic heterocycles. The number of piperidine rings is 1. The van der Waals surface area contributed by atoms with Gasteiger partial charge < -0.3 is 5.11 Å². The van der Waals surface area contributed by atoms with Crippen molar-refractivity contribution in [2.24, 2.45) is 0 Å². The molecule has 148 valence electrons. The van der Waals surface area contributed by atoms with Gasteiger partial charge in [0.15, 0.2) is 0 Å². The highest BCUT2D eigenvalue weighted by atomic mass is 35.5. The minimum absolute atomic E-state index is 0. The van der Waals surface area contributed by atoms with E-state index >= 15 is 0 Å². The lowest BCUT2D eigenvalue weighted by molar-refractivity contribution is -1.05. The van der Waals surface area contributed by atoms with E-state index in [1.807, 2.05) is 0 Å². The van der Waals surface area contributed by atoms with Gasteiger partial charge in [0.2, 0.25) is 0 Å². The van der Waals surface area contributed by atoms with Crippen molar-refractivity contribution in [3.05, 3.63) is 35.9 Å². The number of piperazine rings is 1. The second-order valence-electron chi connectivity index (χ2n) is 7.25. The third-order valence-electron chi connectivity index (χ3n) is 5.76. The predicted molar refractivity (Wildman–Crippen MR) is 109 cm³/mol. The lowest BCUT2D eigenvalue weighted by atomic mass is 10.1. The molecule has 1 unspecified atom stereocenters. The van der Waals surface area contributed by atoms with Gasteiger partial charge in [-0.25, -0.2) is 4.59 Å². The number of nitrogens with zero attached hydrogens (tertiary/aromatic N) is 3. The number of quaternary nitrogens is 1. The number of aliphatic carboxylic acids is 1. The van der Waals surface area contributed by atoms with Crippen molar-refractivity contribution in [2.75, 3.05) is 39.3 Å². The summed E-state index contributed by atoms with van der Waals surface area (Å²) in [6.07, 6.45) is 3.92. The van der Waals surface area contributed by atoms with E-state index in [1.165, 1.54) is 37.9 Å². The molecule has 5 nitrogen and oxygen atoms in total. The van der Waals surface area contributed by atoms with Gasteiger partial charge in [0.25, 0.3) is 0 Å². The van der Waals surface area contributed by atoms with E-state index in [-0.39, 0.29) is 30.9 Å². The van der Waals surface area contributed by atoms with Crippen LogP contribution in [0.3, 0.4) is 0 Å². The van der Waals surface area contributed by atoms with E-state index in [4.69, 9.17) is 0 Å². The molecule has 0 aromatic heterocycles. The second-order valence-corrected chi connectivity index (χ2v) is 7.25. The van der Waals surface area contributed by atoms with Crippen molar-refractivity contribution >= 4 is 30.8 Å². The third kappa shape index (κ3) is 5.33. The summed E-state index contributed by atoms with van der Waals surface area (Å²) in [6.45, 7) is 8.91. The van der Waals surface area contributed by atoms with Crippen LogP contribution in [0.25, 0.3) is 0 Å². The minimum Gasteiger partial charge on any atom is -0.480 e. The van der Waals surface area contributed by atoms with E-state index in [0.717, 1.165) is 37.3 Å². The topological polar surface area (TPSA) is 43.8 Å². The maximum absolute atomic E-state index is 11.2. The van der Waals surface area contributed by atoms with Crippen molar-refractivity contribution in [2.45, 2.75) is 38.8 Å². The quantitative estimate of drug-likeness (QED) is 0.765. The first kappa shape index (κ1) is 23.2. The average molecular weight is 405 g/mol. The van der Waals surface area contributed by atoms with Crippen molar-refractivity contribution < 1.29 is 14.5 Å². The zero-order chi connectivity index (χ0) is 17.0. The van der Waals surface area contributed by atoms with Crippen LogP contribution in [0.4, 0.5) is 0 Å². The van der Waals surface area contributed by atoms with Crippen LogP contribution in [0.15, 0.2) is 30.3 Å². The highest BCUT2D eigenvalue weighted by molar-refractivity contribution is 5.85. The summed E-state index contributed by atoms with van der Waals surface area (Å²) in [7, 11) is 0. The Kier molecular flexibility index (Phi) is 9.34. The zero-order valence-corrected chi connectivity index (χ0v) is 17.2. The number of carboxylic acid groups (broad SMARTS) is 1. The molecule has 0 radical (unpaired) electrons. The first-order chi connectivity index (χ1) is 11.6. The van der Waals surface area contributed by atoms with Crippen LogP contribution in [-0.2, 0) is 11.3 Å². The molecule has 0 aliphatic carbocycles. The maximum Gasteiger partial charge on any atom is 0.320 e. The van der Waals surface area contributed by atoms with E-state index in [0.29, 0.717) is 0 Å². The van der Waals surface area contributed by atoms with Crippen LogP contribution in [-0.4, -0.2) is 70.9 Å². The molecule has 0 bridgehead atoms. The molecular weight excluding hydrogens is 373 g/mol. The first-order valence-corrected chi connectivity index (χ1v) is 9.23. The molecule has 2 aliphatic rings.